The summed E-state index contributed by atoms with van der Waals surface area (Å²) >= 11 is 0. The van der Waals surface area contributed by atoms with E-state index in [9.17, 15) is 32.9 Å². The summed E-state index contributed by atoms with van der Waals surface area (Å²) in [6.45, 7) is 3.21. The molecule has 2 heterocycles. The summed E-state index contributed by atoms with van der Waals surface area (Å²) < 4.78 is 48.3. The molecule has 1 unspecified atom stereocenters. The monoisotopic (exact) mass is 521 g/mol. The van der Waals surface area contributed by atoms with Gasteiger partial charge in [-0.05, 0) is 37.1 Å². The first kappa shape index (κ1) is 27.6. The number of nitro groups is 1. The van der Waals surface area contributed by atoms with Crippen molar-refractivity contribution in [1.29, 1.82) is 0 Å². The summed E-state index contributed by atoms with van der Waals surface area (Å²) in [7, 11) is 1.32. The largest absolute Gasteiger partial charge is 0.416 e. The number of halogens is 3. The average Bonchev–Trinajstić information content (AvgIpc) is 3.28. The molecule has 0 fully saturated rings. The molecule has 1 atom stereocenters. The Kier molecular flexibility index (Phi) is 8.48. The van der Waals surface area contributed by atoms with Crippen LogP contribution in [0.5, 0.6) is 0 Å². The van der Waals surface area contributed by atoms with Gasteiger partial charge in [0.15, 0.2) is 0 Å². The average molecular weight is 521 g/mol. The van der Waals surface area contributed by atoms with Crippen LogP contribution >= 0.6 is 0 Å². The first-order valence-corrected chi connectivity index (χ1v) is 11.4. The van der Waals surface area contributed by atoms with Crippen LogP contribution in [0.1, 0.15) is 55.3 Å². The van der Waals surface area contributed by atoms with Crippen LogP contribution in [0.4, 0.5) is 18.9 Å². The predicted molar refractivity (Wildman–Crippen MR) is 130 cm³/mol. The molecule has 2 aromatic heterocycles. The molecule has 0 N–H and O–H groups in total. The van der Waals surface area contributed by atoms with Gasteiger partial charge >= 0.3 is 23.1 Å². The van der Waals surface area contributed by atoms with Crippen LogP contribution in [-0.2, 0) is 24.0 Å². The minimum Gasteiger partial charge on any atom is -0.361 e. The minimum atomic E-state index is -4.52. The molecule has 0 aliphatic heterocycles. The van der Waals surface area contributed by atoms with Gasteiger partial charge in [0.05, 0.1) is 23.2 Å². The SMILES string of the molecule is CCCCn1c(=O)c([N+](=O)[O-])c(/C=C/c2cnn(Cc3ccccc3C(F)(F)F)c2)n(C(C)OC)c1=O. The molecule has 13 heteroatoms. The van der Waals surface area contributed by atoms with Gasteiger partial charge in [0, 0.05) is 25.4 Å². The van der Waals surface area contributed by atoms with Crippen LogP contribution in [0.2, 0.25) is 0 Å². The number of benzene rings is 1. The fourth-order valence-corrected chi connectivity index (χ4v) is 3.81. The Bertz CT molecular complexity index is 1420. The zero-order valence-corrected chi connectivity index (χ0v) is 20.4. The third-order valence-corrected chi connectivity index (χ3v) is 5.75. The molecule has 1 aromatic carbocycles. The van der Waals surface area contributed by atoms with E-state index in [-0.39, 0.29) is 24.3 Å². The van der Waals surface area contributed by atoms with Gasteiger partial charge in [-0.25, -0.2) is 4.79 Å². The lowest BCUT2D eigenvalue weighted by atomic mass is 10.1. The lowest BCUT2D eigenvalue weighted by Gasteiger charge is -2.18. The van der Waals surface area contributed by atoms with Crippen molar-refractivity contribution >= 4 is 17.8 Å². The number of rotatable bonds is 10. The Morgan fingerprint density at radius 3 is 2.54 bits per heavy atom. The van der Waals surface area contributed by atoms with Gasteiger partial charge in [-0.15, -0.1) is 0 Å². The van der Waals surface area contributed by atoms with E-state index in [0.717, 1.165) is 15.2 Å². The second-order valence-electron chi connectivity index (χ2n) is 8.25. The van der Waals surface area contributed by atoms with E-state index < -0.39 is 39.8 Å². The maximum atomic E-state index is 13.3. The molecular formula is C24H26F3N5O5. The van der Waals surface area contributed by atoms with E-state index in [1.54, 1.807) is 0 Å². The number of hydrogen-bond acceptors (Lipinski definition) is 6. The van der Waals surface area contributed by atoms with E-state index in [1.165, 1.54) is 61.5 Å². The van der Waals surface area contributed by atoms with Gasteiger partial charge in [-0.3, -0.25) is 28.7 Å². The van der Waals surface area contributed by atoms with E-state index in [2.05, 4.69) is 5.10 Å². The summed E-state index contributed by atoms with van der Waals surface area (Å²) in [5.74, 6) is 0. The molecule has 0 aliphatic carbocycles. The lowest BCUT2D eigenvalue weighted by Crippen LogP contribution is -2.43. The van der Waals surface area contributed by atoms with Gasteiger partial charge in [0.1, 0.15) is 11.9 Å². The quantitative estimate of drug-likeness (QED) is 0.290. The zero-order valence-electron chi connectivity index (χ0n) is 20.4. The highest BCUT2D eigenvalue weighted by Gasteiger charge is 2.33. The van der Waals surface area contributed by atoms with Gasteiger partial charge in [0.25, 0.3) is 0 Å². The molecule has 3 aromatic rings. The number of aromatic nitrogens is 4. The fourth-order valence-electron chi connectivity index (χ4n) is 3.81. The molecule has 0 saturated carbocycles. The molecular weight excluding hydrogens is 495 g/mol. The Balaban J connectivity index is 2.05. The van der Waals surface area contributed by atoms with E-state index in [4.69, 9.17) is 4.74 Å². The lowest BCUT2D eigenvalue weighted by molar-refractivity contribution is -0.387. The number of hydrogen-bond donors (Lipinski definition) is 0. The molecule has 3 rings (SSSR count). The second kappa shape index (κ2) is 11.4. The Labute approximate surface area is 209 Å². The normalized spacial score (nSPS) is 12.8. The van der Waals surface area contributed by atoms with Gasteiger partial charge in [-0.1, -0.05) is 31.5 Å². The van der Waals surface area contributed by atoms with Crippen molar-refractivity contribution in [2.45, 2.75) is 52.2 Å². The summed E-state index contributed by atoms with van der Waals surface area (Å²) in [5, 5.41) is 15.9. The molecule has 37 heavy (non-hydrogen) atoms. The van der Waals surface area contributed by atoms with Crippen LogP contribution in [0, 0.1) is 10.1 Å². The van der Waals surface area contributed by atoms with Gasteiger partial charge in [-0.2, -0.15) is 18.3 Å². The highest BCUT2D eigenvalue weighted by Crippen LogP contribution is 2.32. The van der Waals surface area contributed by atoms with Crippen LogP contribution < -0.4 is 11.2 Å². The molecule has 0 amide bonds. The molecule has 0 bridgehead atoms. The molecule has 10 nitrogen and oxygen atoms in total. The maximum Gasteiger partial charge on any atom is 0.416 e. The first-order valence-electron chi connectivity index (χ1n) is 11.4. The Morgan fingerprint density at radius 1 is 1.22 bits per heavy atom. The van der Waals surface area contributed by atoms with Crippen molar-refractivity contribution in [2.24, 2.45) is 0 Å². The molecule has 0 saturated heterocycles. The highest BCUT2D eigenvalue weighted by atomic mass is 19.4. The number of alkyl halides is 3. The van der Waals surface area contributed by atoms with Crippen LogP contribution in [-0.4, -0.2) is 30.9 Å². The predicted octanol–water partition coefficient (Wildman–Crippen LogP) is 4.32. The van der Waals surface area contributed by atoms with Crippen LogP contribution in [0.3, 0.4) is 0 Å². The molecule has 0 spiro atoms. The summed E-state index contributed by atoms with van der Waals surface area (Å²) in [6, 6.07) is 5.12. The number of nitrogens with zero attached hydrogens (tertiary/aromatic N) is 5. The standard InChI is InChI=1S/C24H26F3N5O5/c1-4-5-12-30-22(33)21(32(35)36)20(31(23(30)34)16(2)37-3)11-10-17-13-28-29(14-17)15-18-8-6-7-9-19(18)24(25,26)27/h6-11,13-14,16H,4-5,12,15H2,1-3H3/b11-10+. The topological polar surface area (TPSA) is 114 Å². The highest BCUT2D eigenvalue weighted by molar-refractivity contribution is 5.71. The van der Waals surface area contributed by atoms with Gasteiger partial charge in [0.2, 0.25) is 0 Å². The fraction of sp³-hybridized carbons (Fsp3) is 0.375. The minimum absolute atomic E-state index is 0.0155. The van der Waals surface area contributed by atoms with Crippen LogP contribution in [0.25, 0.3) is 12.2 Å². The smallest absolute Gasteiger partial charge is 0.361 e. The summed E-state index contributed by atoms with van der Waals surface area (Å²) in [5.41, 5.74) is -3.21. The number of ether oxygens (including phenoxy) is 1. The van der Waals surface area contributed by atoms with Gasteiger partial charge < -0.3 is 4.74 Å². The molecule has 0 radical (unpaired) electrons. The first-order chi connectivity index (χ1) is 17.5. The second-order valence-corrected chi connectivity index (χ2v) is 8.25. The van der Waals surface area contributed by atoms with E-state index in [1.807, 2.05) is 6.92 Å². The van der Waals surface area contributed by atoms with E-state index >= 15 is 0 Å². The van der Waals surface area contributed by atoms with E-state index in [0.29, 0.717) is 18.4 Å². The number of unbranched alkanes of at least 4 members (excludes halogenated alkanes) is 1. The Hall–Kier alpha value is -4.00. The molecule has 0 aliphatic rings. The summed E-state index contributed by atoms with van der Waals surface area (Å²) in [6.07, 6.45) is 1.09. The van der Waals surface area contributed by atoms with Crippen molar-refractivity contribution in [3.8, 4) is 0 Å². The Morgan fingerprint density at radius 2 is 1.92 bits per heavy atom. The molecule has 198 valence electrons. The van der Waals surface area contributed by atoms with Crippen molar-refractivity contribution in [1.82, 2.24) is 18.9 Å². The van der Waals surface area contributed by atoms with Crippen LogP contribution in [0.15, 0.2) is 46.2 Å². The summed E-state index contributed by atoms with van der Waals surface area (Å²) in [4.78, 5) is 37.0. The van der Waals surface area contributed by atoms with Crippen molar-refractivity contribution < 1.29 is 22.8 Å². The van der Waals surface area contributed by atoms with Crippen molar-refractivity contribution in [3.63, 3.8) is 0 Å². The van der Waals surface area contributed by atoms with Crippen molar-refractivity contribution in [2.75, 3.05) is 7.11 Å². The van der Waals surface area contributed by atoms with Crippen molar-refractivity contribution in [3.05, 3.63) is 90.0 Å². The third kappa shape index (κ3) is 6.05. The maximum absolute atomic E-state index is 13.3. The number of methoxy groups -OCH3 is 1. The zero-order chi connectivity index (χ0) is 27.3. The third-order valence-electron chi connectivity index (χ3n) is 5.75.